The molecule has 0 spiro atoms. The van der Waals surface area contributed by atoms with Crippen molar-refractivity contribution in [2.24, 2.45) is 0 Å². The van der Waals surface area contributed by atoms with Crippen LogP contribution in [0.1, 0.15) is 43.1 Å². The first-order valence-corrected chi connectivity index (χ1v) is 7.32. The second-order valence-corrected chi connectivity index (χ2v) is 5.77. The summed E-state index contributed by atoms with van der Waals surface area (Å²) in [7, 11) is 0. The first-order chi connectivity index (χ1) is 9.54. The molecule has 0 radical (unpaired) electrons. The minimum absolute atomic E-state index is 0.328. The number of benzene rings is 1. The average Bonchev–Trinajstić information content (AvgIpc) is 2.85. The normalized spacial score (nSPS) is 12.8. The molecule has 1 heterocycles. The highest BCUT2D eigenvalue weighted by molar-refractivity contribution is 5.22. The second-order valence-electron chi connectivity index (χ2n) is 5.77. The lowest BCUT2D eigenvalue weighted by molar-refractivity contribution is 0.163. The van der Waals surface area contributed by atoms with Crippen LogP contribution in [0.5, 0.6) is 0 Å². The average molecular weight is 272 g/mol. The third-order valence-corrected chi connectivity index (χ3v) is 3.49. The summed E-state index contributed by atoms with van der Waals surface area (Å²) in [6, 6.07) is 10.8. The SMILES string of the molecule is Cc1cccc(CCC(O)Cc2ccn(C(C)C)n2)c1. The van der Waals surface area contributed by atoms with Gasteiger partial charge >= 0.3 is 0 Å². The zero-order chi connectivity index (χ0) is 14.5. The van der Waals surface area contributed by atoms with Crippen molar-refractivity contribution in [3.63, 3.8) is 0 Å². The van der Waals surface area contributed by atoms with Crippen molar-refractivity contribution < 1.29 is 5.11 Å². The number of aromatic nitrogens is 2. The van der Waals surface area contributed by atoms with Crippen LogP contribution in [0.4, 0.5) is 0 Å². The van der Waals surface area contributed by atoms with Gasteiger partial charge in [-0.15, -0.1) is 0 Å². The van der Waals surface area contributed by atoms with Crippen molar-refractivity contribution in [3.8, 4) is 0 Å². The summed E-state index contributed by atoms with van der Waals surface area (Å²) in [4.78, 5) is 0. The van der Waals surface area contributed by atoms with Gasteiger partial charge in [-0.1, -0.05) is 29.8 Å². The zero-order valence-electron chi connectivity index (χ0n) is 12.6. The fourth-order valence-corrected chi connectivity index (χ4v) is 2.32. The molecular weight excluding hydrogens is 248 g/mol. The number of nitrogens with zero attached hydrogens (tertiary/aromatic N) is 2. The third kappa shape index (κ3) is 4.20. The number of hydrogen-bond acceptors (Lipinski definition) is 2. The number of aryl methyl sites for hydroxylation is 2. The molecule has 1 unspecified atom stereocenters. The molecule has 2 rings (SSSR count). The van der Waals surface area contributed by atoms with Gasteiger partial charge in [-0.3, -0.25) is 4.68 Å². The predicted molar refractivity (Wildman–Crippen MR) is 81.8 cm³/mol. The first kappa shape index (κ1) is 14.8. The number of aliphatic hydroxyl groups is 1. The molecule has 3 nitrogen and oxygen atoms in total. The molecular formula is C17H24N2O. The molecule has 0 aliphatic heterocycles. The number of hydrogen-bond donors (Lipinski definition) is 1. The van der Waals surface area contributed by atoms with Crippen LogP contribution < -0.4 is 0 Å². The van der Waals surface area contributed by atoms with Crippen LogP contribution in [0, 0.1) is 6.92 Å². The summed E-state index contributed by atoms with van der Waals surface area (Å²) in [6.45, 7) is 6.30. The Balaban J connectivity index is 1.84. The van der Waals surface area contributed by atoms with Crippen LogP contribution >= 0.6 is 0 Å². The highest BCUT2D eigenvalue weighted by Crippen LogP contribution is 2.11. The molecule has 0 bridgehead atoms. The van der Waals surface area contributed by atoms with Crippen molar-refractivity contribution in [1.82, 2.24) is 9.78 Å². The summed E-state index contributed by atoms with van der Waals surface area (Å²) in [5, 5.41) is 14.6. The quantitative estimate of drug-likeness (QED) is 0.876. The second kappa shape index (κ2) is 6.71. The fourth-order valence-electron chi connectivity index (χ4n) is 2.32. The maximum Gasteiger partial charge on any atom is 0.0650 e. The molecule has 1 atom stereocenters. The Bertz CT molecular complexity index is 545. The van der Waals surface area contributed by atoms with Crippen molar-refractivity contribution in [2.75, 3.05) is 0 Å². The summed E-state index contributed by atoms with van der Waals surface area (Å²) >= 11 is 0. The lowest BCUT2D eigenvalue weighted by atomic mass is 10.0. The van der Waals surface area contributed by atoms with Crippen molar-refractivity contribution in [2.45, 2.75) is 52.2 Å². The maximum absolute atomic E-state index is 10.1. The van der Waals surface area contributed by atoms with Crippen molar-refractivity contribution in [1.29, 1.82) is 0 Å². The highest BCUT2D eigenvalue weighted by Gasteiger charge is 2.09. The molecule has 0 fully saturated rings. The Labute approximate surface area is 121 Å². The lowest BCUT2D eigenvalue weighted by Crippen LogP contribution is -2.13. The smallest absolute Gasteiger partial charge is 0.0650 e. The number of aliphatic hydroxyl groups excluding tert-OH is 1. The van der Waals surface area contributed by atoms with Crippen LogP contribution in [-0.2, 0) is 12.8 Å². The topological polar surface area (TPSA) is 38.0 Å². The van der Waals surface area contributed by atoms with E-state index in [0.29, 0.717) is 12.5 Å². The fraction of sp³-hybridized carbons (Fsp3) is 0.471. The van der Waals surface area contributed by atoms with E-state index in [0.717, 1.165) is 18.5 Å². The molecule has 108 valence electrons. The summed E-state index contributed by atoms with van der Waals surface area (Å²) in [5.41, 5.74) is 3.53. The Kier molecular flexibility index (Phi) is 4.96. The van der Waals surface area contributed by atoms with E-state index < -0.39 is 0 Å². The van der Waals surface area contributed by atoms with Gasteiger partial charge in [0.25, 0.3) is 0 Å². The van der Waals surface area contributed by atoms with Gasteiger partial charge in [0.05, 0.1) is 11.8 Å². The molecule has 1 aromatic heterocycles. The third-order valence-electron chi connectivity index (χ3n) is 3.49. The van der Waals surface area contributed by atoms with Gasteiger partial charge < -0.3 is 5.11 Å². The van der Waals surface area contributed by atoms with Gasteiger partial charge in [0.2, 0.25) is 0 Å². The first-order valence-electron chi connectivity index (χ1n) is 7.32. The maximum atomic E-state index is 10.1. The minimum atomic E-state index is -0.328. The zero-order valence-corrected chi connectivity index (χ0v) is 12.6. The van der Waals surface area contributed by atoms with Crippen LogP contribution in [0.25, 0.3) is 0 Å². The molecule has 0 amide bonds. The van der Waals surface area contributed by atoms with Crippen molar-refractivity contribution >= 4 is 0 Å². The van der Waals surface area contributed by atoms with Crippen LogP contribution in [0.3, 0.4) is 0 Å². The predicted octanol–water partition coefficient (Wildman–Crippen LogP) is 3.31. The molecule has 0 saturated heterocycles. The van der Waals surface area contributed by atoms with Gasteiger partial charge in [-0.25, -0.2) is 0 Å². The van der Waals surface area contributed by atoms with E-state index in [2.05, 4.69) is 50.1 Å². The standard InChI is InChI=1S/C17H24N2O/c1-13(2)19-10-9-16(18-19)12-17(20)8-7-15-6-4-5-14(3)11-15/h4-6,9-11,13,17,20H,7-8,12H2,1-3H3. The summed E-state index contributed by atoms with van der Waals surface area (Å²) in [6.07, 6.45) is 3.97. The molecule has 2 aromatic rings. The molecule has 3 heteroatoms. The lowest BCUT2D eigenvalue weighted by Gasteiger charge is -2.10. The van der Waals surface area contributed by atoms with Gasteiger partial charge in [0.15, 0.2) is 0 Å². The molecule has 1 aromatic carbocycles. The Morgan fingerprint density at radius 2 is 2.05 bits per heavy atom. The van der Waals surface area contributed by atoms with Crippen LogP contribution in [0.2, 0.25) is 0 Å². The molecule has 0 saturated carbocycles. The van der Waals surface area contributed by atoms with E-state index in [1.165, 1.54) is 11.1 Å². The Morgan fingerprint density at radius 1 is 1.25 bits per heavy atom. The van der Waals surface area contributed by atoms with E-state index in [4.69, 9.17) is 0 Å². The summed E-state index contributed by atoms with van der Waals surface area (Å²) in [5.74, 6) is 0. The van der Waals surface area contributed by atoms with Gasteiger partial charge in [0.1, 0.15) is 0 Å². The molecule has 20 heavy (non-hydrogen) atoms. The Morgan fingerprint density at radius 3 is 2.70 bits per heavy atom. The van der Waals surface area contributed by atoms with E-state index in [9.17, 15) is 5.11 Å². The van der Waals surface area contributed by atoms with Gasteiger partial charge in [0, 0.05) is 18.7 Å². The molecule has 0 aliphatic carbocycles. The number of rotatable bonds is 6. The molecule has 0 aliphatic rings. The minimum Gasteiger partial charge on any atom is -0.393 e. The van der Waals surface area contributed by atoms with E-state index in [1.54, 1.807) is 0 Å². The highest BCUT2D eigenvalue weighted by atomic mass is 16.3. The van der Waals surface area contributed by atoms with E-state index in [1.807, 2.05) is 16.9 Å². The molecule has 1 N–H and O–H groups in total. The Hall–Kier alpha value is -1.61. The van der Waals surface area contributed by atoms with Crippen molar-refractivity contribution in [3.05, 3.63) is 53.3 Å². The summed E-state index contributed by atoms with van der Waals surface area (Å²) < 4.78 is 1.93. The monoisotopic (exact) mass is 272 g/mol. The van der Waals surface area contributed by atoms with Gasteiger partial charge in [-0.2, -0.15) is 5.10 Å². The van der Waals surface area contributed by atoms with E-state index in [-0.39, 0.29) is 6.10 Å². The van der Waals surface area contributed by atoms with Gasteiger partial charge in [-0.05, 0) is 45.2 Å². The van der Waals surface area contributed by atoms with E-state index >= 15 is 0 Å². The van der Waals surface area contributed by atoms with Crippen LogP contribution in [0.15, 0.2) is 36.5 Å². The van der Waals surface area contributed by atoms with Crippen LogP contribution in [-0.4, -0.2) is 21.0 Å². The largest absolute Gasteiger partial charge is 0.393 e.